The number of hydrogen-bond acceptors (Lipinski definition) is 2. The Morgan fingerprint density at radius 3 is 2.00 bits per heavy atom. The molecule has 0 fully saturated rings. The first-order valence-corrected chi connectivity index (χ1v) is 9.67. The Morgan fingerprint density at radius 2 is 1.41 bits per heavy atom. The van der Waals surface area contributed by atoms with E-state index in [0.717, 1.165) is 26.1 Å². The van der Waals surface area contributed by atoms with Crippen LogP contribution in [-0.4, -0.2) is 22.5 Å². The van der Waals surface area contributed by atoms with Crippen LogP contribution in [-0.2, 0) is 8.85 Å². The topological polar surface area (TPSA) is 18.5 Å². The smallest absolute Gasteiger partial charge is 0.356 e. The highest BCUT2D eigenvalue weighted by atomic mass is 28.3. The molecule has 0 aliphatic heterocycles. The van der Waals surface area contributed by atoms with Gasteiger partial charge in [-0.25, -0.2) is 0 Å². The van der Waals surface area contributed by atoms with Crippen molar-refractivity contribution in [2.45, 2.75) is 33.6 Å². The van der Waals surface area contributed by atoms with Crippen molar-refractivity contribution >= 4 is 14.5 Å². The second-order valence-corrected chi connectivity index (χ2v) is 7.48. The molecule has 0 bridgehead atoms. The molecule has 2 aromatic rings. The summed E-state index contributed by atoms with van der Waals surface area (Å²) in [6.07, 6.45) is 2.04. The molecule has 0 radical (unpaired) electrons. The third kappa shape index (κ3) is 4.53. The molecule has 0 saturated heterocycles. The largest absolute Gasteiger partial charge is 0.393 e. The fourth-order valence-electron chi connectivity index (χ4n) is 2.38. The molecule has 0 heterocycles. The zero-order valence-electron chi connectivity index (χ0n) is 13.8. The lowest BCUT2D eigenvalue weighted by atomic mass is 10.0. The van der Waals surface area contributed by atoms with E-state index in [1.54, 1.807) is 0 Å². The fraction of sp³-hybridized carbons (Fsp3) is 0.368. The van der Waals surface area contributed by atoms with E-state index < -0.39 is 9.28 Å². The highest BCUT2D eigenvalue weighted by molar-refractivity contribution is 6.63. The van der Waals surface area contributed by atoms with E-state index in [1.165, 1.54) is 21.9 Å². The number of hydrogen-bond donors (Lipinski definition) is 0. The normalized spacial score (nSPS) is 11.1. The monoisotopic (exact) mass is 314 g/mol. The van der Waals surface area contributed by atoms with Crippen LogP contribution >= 0.6 is 0 Å². The first-order chi connectivity index (χ1) is 10.8. The third-order valence-electron chi connectivity index (χ3n) is 3.52. The van der Waals surface area contributed by atoms with Crippen LogP contribution in [0.3, 0.4) is 0 Å². The van der Waals surface area contributed by atoms with E-state index in [2.05, 4.69) is 69.3 Å². The van der Waals surface area contributed by atoms with Crippen molar-refractivity contribution in [3.63, 3.8) is 0 Å². The van der Waals surface area contributed by atoms with Crippen LogP contribution in [0, 0.1) is 6.92 Å². The van der Waals surface area contributed by atoms with Gasteiger partial charge in [-0.05, 0) is 36.1 Å². The molecule has 0 aliphatic rings. The number of aryl methyl sites for hydroxylation is 1. The molecular formula is C19H26O2Si. The zero-order chi connectivity index (χ0) is 15.8. The molecule has 118 valence electrons. The van der Waals surface area contributed by atoms with E-state index >= 15 is 0 Å². The van der Waals surface area contributed by atoms with Gasteiger partial charge < -0.3 is 8.85 Å². The maximum Gasteiger partial charge on any atom is 0.356 e. The molecule has 2 rings (SSSR count). The first-order valence-electron chi connectivity index (χ1n) is 8.15. The molecule has 0 atom stereocenters. The Labute approximate surface area is 135 Å². The molecule has 0 aromatic heterocycles. The Balaban J connectivity index is 2.33. The van der Waals surface area contributed by atoms with Gasteiger partial charge in [0, 0.05) is 13.2 Å². The number of benzene rings is 2. The summed E-state index contributed by atoms with van der Waals surface area (Å²) >= 11 is 0. The van der Waals surface area contributed by atoms with Gasteiger partial charge >= 0.3 is 9.28 Å². The van der Waals surface area contributed by atoms with E-state index in [9.17, 15) is 0 Å². The van der Waals surface area contributed by atoms with Crippen LogP contribution in [0.25, 0.3) is 11.1 Å². The van der Waals surface area contributed by atoms with Gasteiger partial charge in [0.2, 0.25) is 0 Å². The average Bonchev–Trinajstić information content (AvgIpc) is 2.56. The first kappa shape index (κ1) is 16.9. The predicted octanol–water partition coefficient (Wildman–Crippen LogP) is 3.94. The van der Waals surface area contributed by atoms with Crippen molar-refractivity contribution in [1.82, 2.24) is 0 Å². The summed E-state index contributed by atoms with van der Waals surface area (Å²) in [6.45, 7) is 7.92. The summed E-state index contributed by atoms with van der Waals surface area (Å²) in [6, 6.07) is 17.2. The zero-order valence-corrected chi connectivity index (χ0v) is 15.0. The Morgan fingerprint density at radius 1 is 0.818 bits per heavy atom. The fourth-order valence-corrected chi connectivity index (χ4v) is 4.52. The summed E-state index contributed by atoms with van der Waals surface area (Å²) in [7, 11) is -1.85. The summed E-state index contributed by atoms with van der Waals surface area (Å²) < 4.78 is 12.2. The second kappa shape index (κ2) is 8.88. The summed E-state index contributed by atoms with van der Waals surface area (Å²) in [5, 5.41) is 1.24. The molecule has 3 heteroatoms. The van der Waals surface area contributed by atoms with Crippen molar-refractivity contribution in [1.29, 1.82) is 0 Å². The van der Waals surface area contributed by atoms with E-state index in [1.807, 2.05) is 0 Å². The molecule has 0 N–H and O–H groups in total. The van der Waals surface area contributed by atoms with E-state index in [-0.39, 0.29) is 0 Å². The van der Waals surface area contributed by atoms with Gasteiger partial charge in [0.25, 0.3) is 0 Å². The average molecular weight is 315 g/mol. The van der Waals surface area contributed by atoms with Crippen LogP contribution in [0.1, 0.15) is 32.3 Å². The quantitative estimate of drug-likeness (QED) is 0.687. The molecule has 22 heavy (non-hydrogen) atoms. The van der Waals surface area contributed by atoms with Crippen molar-refractivity contribution in [3.05, 3.63) is 54.1 Å². The van der Waals surface area contributed by atoms with Crippen molar-refractivity contribution in [3.8, 4) is 11.1 Å². The van der Waals surface area contributed by atoms with Crippen molar-refractivity contribution in [2.75, 3.05) is 13.2 Å². The van der Waals surface area contributed by atoms with Gasteiger partial charge in [0.15, 0.2) is 0 Å². The minimum absolute atomic E-state index is 0.767. The summed E-state index contributed by atoms with van der Waals surface area (Å²) in [5.74, 6) is 0. The van der Waals surface area contributed by atoms with Crippen molar-refractivity contribution < 1.29 is 8.85 Å². The maximum atomic E-state index is 6.08. The molecule has 0 amide bonds. The van der Waals surface area contributed by atoms with Gasteiger partial charge in [-0.1, -0.05) is 67.9 Å². The lowest BCUT2D eigenvalue weighted by Crippen LogP contribution is -2.38. The second-order valence-electron chi connectivity index (χ2n) is 5.53. The van der Waals surface area contributed by atoms with Crippen molar-refractivity contribution in [2.24, 2.45) is 0 Å². The molecule has 2 nitrogen and oxygen atoms in total. The minimum Gasteiger partial charge on any atom is -0.393 e. The molecule has 0 unspecified atom stereocenters. The molecule has 2 aromatic carbocycles. The standard InChI is InChI=1S/C19H26O2Si/c1-4-14-20-22(21-15-5-2)19-9-7-6-8-18(19)17-12-10-16(3)11-13-17/h6-13,22H,4-5,14-15H2,1-3H3. The maximum absolute atomic E-state index is 6.08. The van der Waals surface area contributed by atoms with Crippen LogP contribution in [0.5, 0.6) is 0 Å². The molecule has 0 aliphatic carbocycles. The number of rotatable bonds is 8. The van der Waals surface area contributed by atoms with Gasteiger partial charge in [-0.15, -0.1) is 0 Å². The molecule has 0 spiro atoms. The van der Waals surface area contributed by atoms with Gasteiger partial charge in [-0.3, -0.25) is 0 Å². The van der Waals surface area contributed by atoms with E-state index in [4.69, 9.17) is 8.85 Å². The molecule has 0 saturated carbocycles. The summed E-state index contributed by atoms with van der Waals surface area (Å²) in [5.41, 5.74) is 3.75. The minimum atomic E-state index is -1.85. The lowest BCUT2D eigenvalue weighted by molar-refractivity contribution is 0.207. The van der Waals surface area contributed by atoms with Crippen LogP contribution in [0.15, 0.2) is 48.5 Å². The van der Waals surface area contributed by atoms with Gasteiger partial charge in [0.05, 0.1) is 0 Å². The van der Waals surface area contributed by atoms with Crippen LogP contribution in [0.4, 0.5) is 0 Å². The molecular weight excluding hydrogens is 288 g/mol. The Kier molecular flexibility index (Phi) is 6.84. The lowest BCUT2D eigenvalue weighted by Gasteiger charge is -2.19. The van der Waals surface area contributed by atoms with Gasteiger partial charge in [-0.2, -0.15) is 0 Å². The summed E-state index contributed by atoms with van der Waals surface area (Å²) in [4.78, 5) is 0. The van der Waals surface area contributed by atoms with E-state index in [0.29, 0.717) is 0 Å². The highest BCUT2D eigenvalue weighted by Gasteiger charge is 2.20. The SMILES string of the molecule is CCCO[SiH](OCCC)c1ccccc1-c1ccc(C)cc1. The third-order valence-corrected chi connectivity index (χ3v) is 5.61. The van der Waals surface area contributed by atoms with Crippen LogP contribution in [0.2, 0.25) is 0 Å². The van der Waals surface area contributed by atoms with Gasteiger partial charge in [0.1, 0.15) is 0 Å². The highest BCUT2D eigenvalue weighted by Crippen LogP contribution is 2.19. The Bertz CT molecular complexity index is 558. The Hall–Kier alpha value is -1.42. The predicted molar refractivity (Wildman–Crippen MR) is 95.9 cm³/mol. The van der Waals surface area contributed by atoms with Crippen LogP contribution < -0.4 is 5.19 Å².